The fourth-order valence-corrected chi connectivity index (χ4v) is 1.08. The second-order valence-corrected chi connectivity index (χ2v) is 3.10. The molecule has 0 aliphatic carbocycles. The molecular weight excluding hydrogens is 92.1 g/mol. The number of hydrogen-bond donors (Lipinski definition) is 0. The molecule has 6 heavy (non-hydrogen) atoms. The Balaban J connectivity index is 2.25. The van der Waals surface area contributed by atoms with Crippen molar-refractivity contribution >= 4 is 11.8 Å². The van der Waals surface area contributed by atoms with E-state index in [9.17, 15) is 0 Å². The van der Waals surface area contributed by atoms with E-state index in [2.05, 4.69) is 13.5 Å². The number of rotatable bonds is 1. The second kappa shape index (κ2) is 1.30. The summed E-state index contributed by atoms with van der Waals surface area (Å²) in [5.41, 5.74) is 0. The summed E-state index contributed by atoms with van der Waals surface area (Å²) < 4.78 is 0. The summed E-state index contributed by atoms with van der Waals surface area (Å²) in [5.74, 6) is 0. The van der Waals surface area contributed by atoms with E-state index in [1.165, 1.54) is 0 Å². The molecule has 1 aliphatic heterocycles. The molecule has 0 aromatic rings. The topological polar surface area (TPSA) is 0 Å². The van der Waals surface area contributed by atoms with Gasteiger partial charge < -0.3 is 0 Å². The third-order valence-electron chi connectivity index (χ3n) is 0.990. The largest absolute Gasteiger partial charge is 0.149 e. The number of thioether (sulfide) groups is 1. The molecule has 0 saturated carbocycles. The van der Waals surface area contributed by atoms with E-state index in [4.69, 9.17) is 0 Å². The Kier molecular flexibility index (Phi) is 0.922. The first kappa shape index (κ1) is 4.25. The Morgan fingerprint density at radius 1 is 1.83 bits per heavy atom. The predicted octanol–water partition coefficient (Wildman–Crippen LogP) is 1.68. The molecule has 0 aromatic heterocycles. The van der Waals surface area contributed by atoms with Crippen LogP contribution in [0.4, 0.5) is 0 Å². The standard InChI is InChI=1S/C5H8S/c1-3-5-4(2)6-5/h3-5H,1H2,2H3/t4-,5+/m0/s1. The number of hydrogen-bond acceptors (Lipinski definition) is 1. The monoisotopic (exact) mass is 100 g/mol. The lowest BCUT2D eigenvalue weighted by molar-refractivity contribution is 1.13. The minimum atomic E-state index is 0.782. The summed E-state index contributed by atoms with van der Waals surface area (Å²) in [4.78, 5) is 0. The van der Waals surface area contributed by atoms with Gasteiger partial charge in [-0.25, -0.2) is 0 Å². The quantitative estimate of drug-likeness (QED) is 0.357. The normalized spacial score (nSPS) is 42.2. The second-order valence-electron chi connectivity index (χ2n) is 1.54. The van der Waals surface area contributed by atoms with Crippen molar-refractivity contribution in [3.63, 3.8) is 0 Å². The van der Waals surface area contributed by atoms with E-state index >= 15 is 0 Å². The molecule has 1 heteroatoms. The highest BCUT2D eigenvalue weighted by molar-refractivity contribution is 8.07. The van der Waals surface area contributed by atoms with Gasteiger partial charge >= 0.3 is 0 Å². The Morgan fingerprint density at radius 3 is 2.33 bits per heavy atom. The molecule has 0 bridgehead atoms. The zero-order chi connectivity index (χ0) is 4.57. The van der Waals surface area contributed by atoms with Crippen LogP contribution < -0.4 is 0 Å². The van der Waals surface area contributed by atoms with Crippen molar-refractivity contribution in [2.45, 2.75) is 17.4 Å². The lowest BCUT2D eigenvalue weighted by Crippen LogP contribution is -1.77. The molecule has 0 aromatic carbocycles. The van der Waals surface area contributed by atoms with Crippen LogP contribution in [0.1, 0.15) is 6.92 Å². The van der Waals surface area contributed by atoms with Crippen LogP contribution in [-0.4, -0.2) is 10.5 Å². The molecule has 1 heterocycles. The van der Waals surface area contributed by atoms with E-state index in [0.29, 0.717) is 0 Å². The molecule has 1 aliphatic rings. The summed E-state index contributed by atoms with van der Waals surface area (Å²) in [6, 6.07) is 0. The fraction of sp³-hybridized carbons (Fsp3) is 0.600. The van der Waals surface area contributed by atoms with Crippen LogP contribution in [0.15, 0.2) is 12.7 Å². The van der Waals surface area contributed by atoms with Crippen LogP contribution in [0.5, 0.6) is 0 Å². The Morgan fingerprint density at radius 2 is 2.33 bits per heavy atom. The van der Waals surface area contributed by atoms with E-state index in [0.717, 1.165) is 10.5 Å². The fourth-order valence-electron chi connectivity index (χ4n) is 0.450. The van der Waals surface area contributed by atoms with Crippen LogP contribution in [0.3, 0.4) is 0 Å². The maximum absolute atomic E-state index is 3.65. The van der Waals surface area contributed by atoms with Gasteiger partial charge in [-0.1, -0.05) is 13.0 Å². The SMILES string of the molecule is C=C[C@H]1S[C@H]1C. The van der Waals surface area contributed by atoms with Gasteiger partial charge in [0.1, 0.15) is 0 Å². The smallest absolute Gasteiger partial charge is 0.0344 e. The van der Waals surface area contributed by atoms with Crippen LogP contribution in [0, 0.1) is 0 Å². The lowest BCUT2D eigenvalue weighted by Gasteiger charge is -1.68. The highest BCUT2D eigenvalue weighted by Crippen LogP contribution is 2.40. The summed E-state index contributed by atoms with van der Waals surface area (Å²) in [7, 11) is 0. The van der Waals surface area contributed by atoms with Crippen LogP contribution in [0.25, 0.3) is 0 Å². The Bertz CT molecular complexity index is 68.3. The van der Waals surface area contributed by atoms with Crippen LogP contribution in [-0.2, 0) is 0 Å². The molecule has 1 saturated heterocycles. The average Bonchev–Trinajstić information content (AvgIpc) is 2.19. The van der Waals surface area contributed by atoms with Crippen LogP contribution >= 0.6 is 11.8 Å². The Labute approximate surface area is 42.6 Å². The van der Waals surface area contributed by atoms with Gasteiger partial charge in [0.25, 0.3) is 0 Å². The minimum Gasteiger partial charge on any atom is -0.149 e. The average molecular weight is 100 g/mol. The summed E-state index contributed by atoms with van der Waals surface area (Å²) >= 11 is 1.97. The predicted molar refractivity (Wildman–Crippen MR) is 31.0 cm³/mol. The van der Waals surface area contributed by atoms with E-state index in [1.54, 1.807) is 0 Å². The molecule has 1 rings (SSSR count). The highest BCUT2D eigenvalue weighted by atomic mass is 32.2. The zero-order valence-corrected chi connectivity index (χ0v) is 4.66. The van der Waals surface area contributed by atoms with Crippen LogP contribution in [0.2, 0.25) is 0 Å². The van der Waals surface area contributed by atoms with Gasteiger partial charge in [-0.05, 0) is 0 Å². The van der Waals surface area contributed by atoms with Gasteiger partial charge in [-0.2, -0.15) is 0 Å². The first-order valence-electron chi connectivity index (χ1n) is 2.12. The van der Waals surface area contributed by atoms with Crippen molar-refractivity contribution < 1.29 is 0 Å². The van der Waals surface area contributed by atoms with Crippen molar-refractivity contribution in [3.05, 3.63) is 12.7 Å². The molecule has 0 spiro atoms. The maximum Gasteiger partial charge on any atom is 0.0344 e. The summed E-state index contributed by atoms with van der Waals surface area (Å²) in [6.07, 6.45) is 2.01. The van der Waals surface area contributed by atoms with E-state index < -0.39 is 0 Å². The molecule has 0 unspecified atom stereocenters. The lowest BCUT2D eigenvalue weighted by atomic mass is 10.3. The van der Waals surface area contributed by atoms with E-state index in [1.807, 2.05) is 17.8 Å². The molecule has 0 amide bonds. The van der Waals surface area contributed by atoms with Gasteiger partial charge in [0, 0.05) is 10.5 Å². The summed E-state index contributed by atoms with van der Waals surface area (Å²) in [5, 5.41) is 1.65. The van der Waals surface area contributed by atoms with Gasteiger partial charge in [-0.3, -0.25) is 0 Å². The van der Waals surface area contributed by atoms with Crippen molar-refractivity contribution in [1.82, 2.24) is 0 Å². The van der Waals surface area contributed by atoms with Gasteiger partial charge in [-0.15, -0.1) is 18.3 Å². The zero-order valence-electron chi connectivity index (χ0n) is 3.85. The summed E-state index contributed by atoms with van der Waals surface area (Å²) in [6.45, 7) is 5.87. The van der Waals surface area contributed by atoms with Gasteiger partial charge in [0.05, 0.1) is 0 Å². The van der Waals surface area contributed by atoms with Gasteiger partial charge in [0.2, 0.25) is 0 Å². The molecule has 1 fully saturated rings. The minimum absolute atomic E-state index is 0.782. The molecule has 0 nitrogen and oxygen atoms in total. The van der Waals surface area contributed by atoms with Gasteiger partial charge in [0.15, 0.2) is 0 Å². The molecule has 34 valence electrons. The molecule has 0 N–H and O–H groups in total. The maximum atomic E-state index is 3.65. The Hall–Kier alpha value is 0.0900. The highest BCUT2D eigenvalue weighted by Gasteiger charge is 2.29. The van der Waals surface area contributed by atoms with E-state index in [-0.39, 0.29) is 0 Å². The first-order chi connectivity index (χ1) is 2.84. The molecule has 0 radical (unpaired) electrons. The van der Waals surface area contributed by atoms with Crippen molar-refractivity contribution in [2.24, 2.45) is 0 Å². The third kappa shape index (κ3) is 0.597. The molecular formula is C5H8S. The molecule has 2 atom stereocenters. The first-order valence-corrected chi connectivity index (χ1v) is 3.07. The van der Waals surface area contributed by atoms with Crippen molar-refractivity contribution in [2.75, 3.05) is 0 Å². The van der Waals surface area contributed by atoms with Crippen molar-refractivity contribution in [1.29, 1.82) is 0 Å². The van der Waals surface area contributed by atoms with Crippen molar-refractivity contribution in [3.8, 4) is 0 Å². The third-order valence-corrected chi connectivity index (χ3v) is 2.31.